The highest BCUT2D eigenvalue weighted by Crippen LogP contribution is 2.31. The summed E-state index contributed by atoms with van der Waals surface area (Å²) in [4.78, 5) is 2.28. The lowest BCUT2D eigenvalue weighted by atomic mass is 10.0. The minimum Gasteiger partial charge on any atom is -0.289 e. The Balaban J connectivity index is 2.36. The fraction of sp³-hybridized carbons (Fsp3) is 0.455. The predicted octanol–water partition coefficient (Wildman–Crippen LogP) is 2.13. The normalized spacial score (nSPS) is 26.4. The second-order valence-corrected chi connectivity index (χ2v) is 7.27. The highest BCUT2D eigenvalue weighted by molar-refractivity contribution is 9.10. The van der Waals surface area contributed by atoms with Gasteiger partial charge in [0.1, 0.15) is 5.37 Å². The zero-order chi connectivity index (χ0) is 11.9. The fourth-order valence-corrected chi connectivity index (χ4v) is 4.57. The van der Waals surface area contributed by atoms with E-state index < -0.39 is 9.84 Å². The van der Waals surface area contributed by atoms with E-state index in [9.17, 15) is 8.42 Å². The molecule has 0 radical (unpaired) electrons. The molecule has 2 unspecified atom stereocenters. The zero-order valence-electron chi connectivity index (χ0n) is 9.22. The van der Waals surface area contributed by atoms with Gasteiger partial charge in [-0.15, -0.1) is 0 Å². The smallest absolute Gasteiger partial charge is 0.194 e. The average molecular weight is 304 g/mol. The summed E-state index contributed by atoms with van der Waals surface area (Å²) in [5, 5.41) is -0.367. The van der Waals surface area contributed by atoms with E-state index >= 15 is 0 Å². The van der Waals surface area contributed by atoms with Crippen LogP contribution in [-0.4, -0.2) is 32.3 Å². The molecule has 0 spiro atoms. The molecule has 2 atom stereocenters. The lowest BCUT2D eigenvalue weighted by Gasteiger charge is -2.43. The maximum Gasteiger partial charge on any atom is 0.194 e. The molecular weight excluding hydrogens is 290 g/mol. The molecule has 1 aromatic rings. The molecule has 2 rings (SSSR count). The van der Waals surface area contributed by atoms with E-state index in [0.29, 0.717) is 4.90 Å². The number of sulfone groups is 1. The van der Waals surface area contributed by atoms with Crippen molar-refractivity contribution in [3.8, 4) is 0 Å². The van der Waals surface area contributed by atoms with Gasteiger partial charge in [0.05, 0.1) is 4.90 Å². The largest absolute Gasteiger partial charge is 0.289 e. The second-order valence-electron chi connectivity index (χ2n) is 4.31. The highest BCUT2D eigenvalue weighted by atomic mass is 79.9. The van der Waals surface area contributed by atoms with Crippen molar-refractivity contribution in [2.75, 3.05) is 13.6 Å². The van der Waals surface area contributed by atoms with Crippen molar-refractivity contribution in [2.24, 2.45) is 5.92 Å². The minimum absolute atomic E-state index is 0.207. The third-order valence-corrected chi connectivity index (χ3v) is 5.88. The second kappa shape index (κ2) is 4.13. The Bertz CT molecular complexity index is 475. The van der Waals surface area contributed by atoms with Gasteiger partial charge in [-0.1, -0.05) is 22.9 Å². The van der Waals surface area contributed by atoms with Gasteiger partial charge in [0.25, 0.3) is 0 Å². The van der Waals surface area contributed by atoms with E-state index in [1.165, 1.54) is 0 Å². The summed E-state index contributed by atoms with van der Waals surface area (Å²) in [6.07, 6.45) is 0. The van der Waals surface area contributed by atoms with Crippen LogP contribution in [0.5, 0.6) is 0 Å². The average Bonchev–Trinajstić information content (AvgIpc) is 2.16. The number of hydrogen-bond donors (Lipinski definition) is 0. The van der Waals surface area contributed by atoms with Gasteiger partial charge in [-0.2, -0.15) is 0 Å². The van der Waals surface area contributed by atoms with Crippen molar-refractivity contribution >= 4 is 25.8 Å². The first-order chi connectivity index (χ1) is 7.43. The first-order valence-electron chi connectivity index (χ1n) is 5.12. The summed E-state index contributed by atoms with van der Waals surface area (Å²) in [5.41, 5.74) is 0. The molecule has 1 aromatic carbocycles. The first-order valence-corrected chi connectivity index (χ1v) is 7.46. The molecule has 0 aromatic heterocycles. The number of rotatable bonds is 2. The molecule has 1 aliphatic rings. The van der Waals surface area contributed by atoms with Crippen LogP contribution in [0.3, 0.4) is 0 Å². The molecule has 0 bridgehead atoms. The third-order valence-electron chi connectivity index (χ3n) is 2.96. The molecule has 88 valence electrons. The van der Waals surface area contributed by atoms with E-state index in [-0.39, 0.29) is 11.3 Å². The first kappa shape index (κ1) is 12.1. The molecule has 1 saturated heterocycles. The SMILES string of the molecule is CC1CN(C)C1S(=O)(=O)c1ccc(Br)cc1. The van der Waals surface area contributed by atoms with Crippen LogP contribution in [0.15, 0.2) is 33.6 Å². The Morgan fingerprint density at radius 3 is 2.31 bits per heavy atom. The van der Waals surface area contributed by atoms with Gasteiger partial charge in [-0.05, 0) is 37.2 Å². The Kier molecular flexibility index (Phi) is 3.11. The van der Waals surface area contributed by atoms with Crippen LogP contribution in [0.25, 0.3) is 0 Å². The molecule has 0 aliphatic carbocycles. The lowest BCUT2D eigenvalue weighted by Crippen LogP contribution is -2.56. The molecule has 1 aliphatic heterocycles. The number of hydrogen-bond acceptors (Lipinski definition) is 3. The molecule has 3 nitrogen and oxygen atoms in total. The van der Waals surface area contributed by atoms with Gasteiger partial charge in [-0.25, -0.2) is 8.42 Å². The van der Waals surface area contributed by atoms with Crippen LogP contribution in [0.1, 0.15) is 6.92 Å². The van der Waals surface area contributed by atoms with E-state index in [0.717, 1.165) is 11.0 Å². The molecule has 5 heteroatoms. The van der Waals surface area contributed by atoms with Crippen LogP contribution >= 0.6 is 15.9 Å². The summed E-state index contributed by atoms with van der Waals surface area (Å²) in [6.45, 7) is 2.82. The Labute approximate surface area is 105 Å². The lowest BCUT2D eigenvalue weighted by molar-refractivity contribution is 0.112. The van der Waals surface area contributed by atoms with E-state index in [1.807, 2.05) is 18.9 Å². The number of halogens is 1. The van der Waals surface area contributed by atoms with Crippen molar-refractivity contribution in [3.63, 3.8) is 0 Å². The summed E-state index contributed by atoms with van der Waals surface area (Å²) in [7, 11) is -1.36. The van der Waals surface area contributed by atoms with Crippen LogP contribution in [0.4, 0.5) is 0 Å². The topological polar surface area (TPSA) is 37.4 Å². The summed E-state index contributed by atoms with van der Waals surface area (Å²) < 4.78 is 25.5. The van der Waals surface area contributed by atoms with Crippen molar-refractivity contribution in [2.45, 2.75) is 17.2 Å². The van der Waals surface area contributed by atoms with Crippen molar-refractivity contribution in [1.29, 1.82) is 0 Å². The molecule has 1 fully saturated rings. The maximum absolute atomic E-state index is 12.3. The molecular formula is C11H14BrNO2S. The van der Waals surface area contributed by atoms with Crippen LogP contribution in [0.2, 0.25) is 0 Å². The van der Waals surface area contributed by atoms with Gasteiger partial charge in [0.2, 0.25) is 0 Å². The molecule has 16 heavy (non-hydrogen) atoms. The Morgan fingerprint density at radius 1 is 1.31 bits per heavy atom. The van der Waals surface area contributed by atoms with Crippen molar-refractivity contribution in [1.82, 2.24) is 4.90 Å². The predicted molar refractivity (Wildman–Crippen MR) is 66.9 cm³/mol. The van der Waals surface area contributed by atoms with Gasteiger partial charge in [0.15, 0.2) is 9.84 Å². The Hall–Kier alpha value is -0.390. The van der Waals surface area contributed by atoms with Gasteiger partial charge >= 0.3 is 0 Å². The van der Waals surface area contributed by atoms with Crippen LogP contribution in [0, 0.1) is 5.92 Å². The Morgan fingerprint density at radius 2 is 1.88 bits per heavy atom. The van der Waals surface area contributed by atoms with Gasteiger partial charge < -0.3 is 0 Å². The van der Waals surface area contributed by atoms with Crippen LogP contribution in [-0.2, 0) is 9.84 Å². The standard InChI is InChI=1S/C11H14BrNO2S/c1-8-7-13(2)11(8)16(14,15)10-5-3-9(12)4-6-10/h3-6,8,11H,7H2,1-2H3. The minimum atomic E-state index is -3.21. The highest BCUT2D eigenvalue weighted by Gasteiger charge is 2.43. The van der Waals surface area contributed by atoms with E-state index in [4.69, 9.17) is 0 Å². The third kappa shape index (κ3) is 1.92. The monoisotopic (exact) mass is 303 g/mol. The zero-order valence-corrected chi connectivity index (χ0v) is 11.6. The van der Waals surface area contributed by atoms with Crippen LogP contribution < -0.4 is 0 Å². The summed E-state index contributed by atoms with van der Waals surface area (Å²) >= 11 is 3.30. The number of likely N-dealkylation sites (tertiary alicyclic amines) is 1. The van der Waals surface area contributed by atoms with Gasteiger partial charge in [-0.3, -0.25) is 4.90 Å². The number of benzene rings is 1. The molecule has 1 heterocycles. The van der Waals surface area contributed by atoms with E-state index in [2.05, 4.69) is 15.9 Å². The number of nitrogens with zero attached hydrogens (tertiary/aromatic N) is 1. The maximum atomic E-state index is 12.3. The quantitative estimate of drug-likeness (QED) is 0.840. The van der Waals surface area contributed by atoms with Crippen molar-refractivity contribution < 1.29 is 8.42 Å². The molecule has 0 N–H and O–H groups in total. The molecule has 0 saturated carbocycles. The van der Waals surface area contributed by atoms with Gasteiger partial charge in [0, 0.05) is 11.0 Å². The van der Waals surface area contributed by atoms with E-state index in [1.54, 1.807) is 24.3 Å². The van der Waals surface area contributed by atoms with Crippen molar-refractivity contribution in [3.05, 3.63) is 28.7 Å². The summed E-state index contributed by atoms with van der Waals surface area (Å²) in [6, 6.07) is 6.82. The fourth-order valence-electron chi connectivity index (χ4n) is 2.25. The molecule has 0 amide bonds. The summed E-state index contributed by atoms with van der Waals surface area (Å²) in [5.74, 6) is 0.207.